The zero-order valence-corrected chi connectivity index (χ0v) is 19.2. The number of oxazole rings is 1. The molecule has 0 aliphatic heterocycles. The zero-order chi connectivity index (χ0) is 19.8. The summed E-state index contributed by atoms with van der Waals surface area (Å²) in [5, 5.41) is 3.58. The van der Waals surface area contributed by atoms with Crippen LogP contribution in [0, 0.1) is 3.57 Å². The van der Waals surface area contributed by atoms with Crippen LogP contribution >= 0.6 is 61.7 Å². The highest BCUT2D eigenvalue weighted by atomic mass is 127. The third-order valence-corrected chi connectivity index (χ3v) is 5.89. The predicted octanol–water partition coefficient (Wildman–Crippen LogP) is 7.42. The molecule has 3 aromatic carbocycles. The maximum absolute atomic E-state index is 12.5. The fourth-order valence-electron chi connectivity index (χ4n) is 2.65. The Morgan fingerprint density at radius 2 is 1.89 bits per heavy atom. The van der Waals surface area contributed by atoms with Gasteiger partial charge in [0, 0.05) is 18.8 Å². The molecule has 8 heteroatoms. The Labute approximate surface area is 192 Å². The number of nitrogens with one attached hydrogen (secondary N) is 1. The number of aromatic nitrogens is 1. The molecule has 0 unspecified atom stereocenters. The Kier molecular flexibility index (Phi) is 5.64. The molecule has 0 fully saturated rings. The molecule has 1 heterocycles. The number of halogens is 4. The van der Waals surface area contributed by atoms with E-state index >= 15 is 0 Å². The molecule has 4 nitrogen and oxygen atoms in total. The molecule has 0 radical (unpaired) electrons. The molecule has 0 saturated carbocycles. The van der Waals surface area contributed by atoms with Crippen molar-refractivity contribution in [3.8, 4) is 11.5 Å². The molecule has 0 aliphatic carbocycles. The van der Waals surface area contributed by atoms with Crippen molar-refractivity contribution in [3.63, 3.8) is 0 Å². The summed E-state index contributed by atoms with van der Waals surface area (Å²) in [4.78, 5) is 17.1. The maximum atomic E-state index is 12.5. The molecular weight excluding hydrogens is 578 g/mol. The highest BCUT2D eigenvalue weighted by Gasteiger charge is 2.14. The smallest absolute Gasteiger partial charge is 0.257 e. The van der Waals surface area contributed by atoms with Crippen molar-refractivity contribution in [1.29, 1.82) is 0 Å². The fourth-order valence-corrected chi connectivity index (χ4v) is 4.06. The third kappa shape index (κ3) is 4.05. The first-order valence-electron chi connectivity index (χ1n) is 8.03. The van der Waals surface area contributed by atoms with E-state index in [4.69, 9.17) is 27.6 Å². The molecule has 28 heavy (non-hydrogen) atoms. The van der Waals surface area contributed by atoms with E-state index in [0.29, 0.717) is 38.3 Å². The maximum Gasteiger partial charge on any atom is 0.257 e. The lowest BCUT2D eigenvalue weighted by Crippen LogP contribution is -2.12. The van der Waals surface area contributed by atoms with Gasteiger partial charge in [0.25, 0.3) is 5.91 Å². The Morgan fingerprint density at radius 1 is 1.07 bits per heavy atom. The highest BCUT2D eigenvalue weighted by Crippen LogP contribution is 2.32. The van der Waals surface area contributed by atoms with Gasteiger partial charge in [-0.1, -0.05) is 23.2 Å². The van der Waals surface area contributed by atoms with Crippen molar-refractivity contribution in [2.45, 2.75) is 0 Å². The standard InChI is InChI=1S/C20H10BrCl2IN2O2/c21-15-5-2-11(24)8-14(15)20-26-17-9-12(3-6-18(17)28-20)25-19(27)13-4-1-10(22)7-16(13)23/h1-9H,(H,25,27). The van der Waals surface area contributed by atoms with E-state index in [9.17, 15) is 4.79 Å². The van der Waals surface area contributed by atoms with Crippen LogP contribution in [-0.2, 0) is 0 Å². The average Bonchev–Trinajstić information content (AvgIpc) is 3.06. The number of anilines is 1. The Hall–Kier alpha value is -1.61. The van der Waals surface area contributed by atoms with Gasteiger partial charge in [-0.15, -0.1) is 0 Å². The van der Waals surface area contributed by atoms with Crippen molar-refractivity contribution in [2.24, 2.45) is 0 Å². The minimum atomic E-state index is -0.329. The summed E-state index contributed by atoms with van der Waals surface area (Å²) < 4.78 is 7.84. The van der Waals surface area contributed by atoms with Crippen LogP contribution in [0.2, 0.25) is 10.0 Å². The fraction of sp³-hybridized carbons (Fsp3) is 0. The van der Waals surface area contributed by atoms with Gasteiger partial charge in [0.05, 0.1) is 16.1 Å². The van der Waals surface area contributed by atoms with Crippen molar-refractivity contribution >= 4 is 84.4 Å². The number of amides is 1. The van der Waals surface area contributed by atoms with E-state index in [-0.39, 0.29) is 5.91 Å². The number of nitrogens with zero attached hydrogens (tertiary/aromatic N) is 1. The van der Waals surface area contributed by atoms with Crippen molar-refractivity contribution < 1.29 is 9.21 Å². The molecule has 0 bridgehead atoms. The van der Waals surface area contributed by atoms with E-state index in [1.165, 1.54) is 6.07 Å². The second-order valence-electron chi connectivity index (χ2n) is 5.90. The molecule has 0 aliphatic rings. The summed E-state index contributed by atoms with van der Waals surface area (Å²) in [5.41, 5.74) is 3.06. The lowest BCUT2D eigenvalue weighted by Gasteiger charge is -2.06. The molecule has 0 saturated heterocycles. The van der Waals surface area contributed by atoms with E-state index < -0.39 is 0 Å². The molecule has 1 amide bonds. The summed E-state index contributed by atoms with van der Waals surface area (Å²) in [7, 11) is 0. The average molecular weight is 588 g/mol. The normalized spacial score (nSPS) is 11.0. The molecule has 4 aromatic rings. The SMILES string of the molecule is O=C(Nc1ccc2oc(-c3cc(I)ccc3Br)nc2c1)c1ccc(Cl)cc1Cl. The van der Waals surface area contributed by atoms with Crippen LogP contribution in [0.3, 0.4) is 0 Å². The zero-order valence-electron chi connectivity index (χ0n) is 14.0. The van der Waals surface area contributed by atoms with Crippen molar-refractivity contribution in [2.75, 3.05) is 5.32 Å². The number of hydrogen-bond acceptors (Lipinski definition) is 3. The van der Waals surface area contributed by atoms with Crippen LogP contribution in [0.15, 0.2) is 63.5 Å². The molecule has 1 aromatic heterocycles. The largest absolute Gasteiger partial charge is 0.436 e. The van der Waals surface area contributed by atoms with Gasteiger partial charge in [0.15, 0.2) is 5.58 Å². The van der Waals surface area contributed by atoms with Gasteiger partial charge in [-0.2, -0.15) is 0 Å². The van der Waals surface area contributed by atoms with Gasteiger partial charge < -0.3 is 9.73 Å². The highest BCUT2D eigenvalue weighted by molar-refractivity contribution is 14.1. The van der Waals surface area contributed by atoms with Gasteiger partial charge in [0.2, 0.25) is 5.89 Å². The van der Waals surface area contributed by atoms with Gasteiger partial charge in [0.1, 0.15) is 5.52 Å². The predicted molar refractivity (Wildman–Crippen MR) is 124 cm³/mol. The number of rotatable bonds is 3. The van der Waals surface area contributed by atoms with Gasteiger partial charge in [-0.25, -0.2) is 4.98 Å². The molecular formula is C20H10BrCl2IN2O2. The topological polar surface area (TPSA) is 55.1 Å². The summed E-state index contributed by atoms with van der Waals surface area (Å²) in [5.74, 6) is 0.176. The number of benzene rings is 3. The minimum Gasteiger partial charge on any atom is -0.436 e. The van der Waals surface area contributed by atoms with Crippen LogP contribution < -0.4 is 5.32 Å². The molecule has 0 spiro atoms. The van der Waals surface area contributed by atoms with Crippen molar-refractivity contribution in [3.05, 3.63) is 78.2 Å². The lowest BCUT2D eigenvalue weighted by atomic mass is 10.2. The quantitative estimate of drug-likeness (QED) is 0.254. The van der Waals surface area contributed by atoms with Crippen LogP contribution in [0.4, 0.5) is 5.69 Å². The summed E-state index contributed by atoms with van der Waals surface area (Å²) in [6.45, 7) is 0. The second kappa shape index (κ2) is 8.02. The monoisotopic (exact) mass is 586 g/mol. The van der Waals surface area contributed by atoms with Crippen LogP contribution in [-0.4, -0.2) is 10.9 Å². The molecule has 0 atom stereocenters. The Balaban J connectivity index is 1.65. The summed E-state index contributed by atoms with van der Waals surface area (Å²) in [6, 6.07) is 15.9. The van der Waals surface area contributed by atoms with E-state index in [1.807, 2.05) is 18.2 Å². The van der Waals surface area contributed by atoms with E-state index in [1.54, 1.807) is 30.3 Å². The number of fused-ring (bicyclic) bond motifs is 1. The minimum absolute atomic E-state index is 0.290. The second-order valence-corrected chi connectivity index (χ2v) is 8.85. The number of carbonyl (C=O) groups is 1. The van der Waals surface area contributed by atoms with Crippen LogP contribution in [0.5, 0.6) is 0 Å². The lowest BCUT2D eigenvalue weighted by molar-refractivity contribution is 0.102. The first kappa shape index (κ1) is 19.7. The first-order chi connectivity index (χ1) is 13.4. The van der Waals surface area contributed by atoms with Gasteiger partial charge in [-0.3, -0.25) is 4.79 Å². The Bertz CT molecular complexity index is 1230. The Morgan fingerprint density at radius 3 is 2.68 bits per heavy atom. The molecule has 1 N–H and O–H groups in total. The first-order valence-corrected chi connectivity index (χ1v) is 10.7. The molecule has 140 valence electrons. The third-order valence-electron chi connectivity index (χ3n) is 3.98. The number of hydrogen-bond donors (Lipinski definition) is 1. The van der Waals surface area contributed by atoms with Gasteiger partial charge in [-0.05, 0) is 93.1 Å². The van der Waals surface area contributed by atoms with Crippen LogP contribution in [0.25, 0.3) is 22.6 Å². The van der Waals surface area contributed by atoms with Crippen molar-refractivity contribution in [1.82, 2.24) is 4.98 Å². The van der Waals surface area contributed by atoms with E-state index in [0.717, 1.165) is 13.6 Å². The summed E-state index contributed by atoms with van der Waals surface area (Å²) >= 11 is 17.8. The van der Waals surface area contributed by atoms with Gasteiger partial charge >= 0.3 is 0 Å². The number of carbonyl (C=O) groups excluding carboxylic acids is 1. The van der Waals surface area contributed by atoms with Crippen LogP contribution in [0.1, 0.15) is 10.4 Å². The van der Waals surface area contributed by atoms with E-state index in [2.05, 4.69) is 48.8 Å². The molecule has 4 rings (SSSR count). The summed E-state index contributed by atoms with van der Waals surface area (Å²) in [6.07, 6.45) is 0.